The highest BCUT2D eigenvalue weighted by Crippen LogP contribution is 2.16. The third-order valence-corrected chi connectivity index (χ3v) is 2.91. The molecule has 19 heavy (non-hydrogen) atoms. The Hall–Kier alpha value is -2.30. The van der Waals surface area contributed by atoms with Gasteiger partial charge in [0, 0.05) is 31.5 Å². The number of para-hydroxylation sites is 1. The Morgan fingerprint density at radius 3 is 2.89 bits per heavy atom. The number of nitrogens with zero attached hydrogens (tertiary/aromatic N) is 2. The fourth-order valence-corrected chi connectivity index (χ4v) is 1.82. The van der Waals surface area contributed by atoms with Crippen molar-refractivity contribution in [2.24, 2.45) is 7.05 Å². The van der Waals surface area contributed by atoms with Crippen LogP contribution in [0.15, 0.2) is 36.7 Å². The van der Waals surface area contributed by atoms with E-state index in [1.165, 1.54) is 0 Å². The minimum atomic E-state index is -0.0554. The van der Waals surface area contributed by atoms with E-state index in [0.717, 1.165) is 17.1 Å². The number of rotatable bonds is 5. The Labute approximate surface area is 112 Å². The van der Waals surface area contributed by atoms with Crippen LogP contribution in [-0.2, 0) is 24.8 Å². The number of carbonyl (C=O) groups is 1. The van der Waals surface area contributed by atoms with Gasteiger partial charge in [-0.05, 0) is 6.07 Å². The van der Waals surface area contributed by atoms with Crippen LogP contribution in [0, 0.1) is 0 Å². The first-order chi connectivity index (χ1) is 9.20. The molecular formula is C14H17N3O2. The van der Waals surface area contributed by atoms with Gasteiger partial charge < -0.3 is 14.6 Å². The summed E-state index contributed by atoms with van der Waals surface area (Å²) in [6.07, 6.45) is 3.78. The lowest BCUT2D eigenvalue weighted by Crippen LogP contribution is -2.25. The first kappa shape index (κ1) is 13.1. The van der Waals surface area contributed by atoms with Gasteiger partial charge >= 0.3 is 0 Å². The van der Waals surface area contributed by atoms with Crippen molar-refractivity contribution in [3.05, 3.63) is 48.0 Å². The Kier molecular flexibility index (Phi) is 4.18. The van der Waals surface area contributed by atoms with E-state index in [2.05, 4.69) is 10.3 Å². The van der Waals surface area contributed by atoms with Crippen LogP contribution in [-0.4, -0.2) is 22.6 Å². The van der Waals surface area contributed by atoms with E-state index in [1.807, 2.05) is 42.1 Å². The molecule has 1 heterocycles. The van der Waals surface area contributed by atoms with Gasteiger partial charge in [-0.3, -0.25) is 4.79 Å². The van der Waals surface area contributed by atoms with Crippen molar-refractivity contribution in [1.29, 1.82) is 0 Å². The van der Waals surface area contributed by atoms with E-state index < -0.39 is 0 Å². The van der Waals surface area contributed by atoms with Gasteiger partial charge in [-0.2, -0.15) is 0 Å². The highest BCUT2D eigenvalue weighted by molar-refractivity contribution is 5.77. The zero-order chi connectivity index (χ0) is 13.7. The van der Waals surface area contributed by atoms with Gasteiger partial charge in [0.1, 0.15) is 11.6 Å². The van der Waals surface area contributed by atoms with Crippen LogP contribution in [0.4, 0.5) is 0 Å². The summed E-state index contributed by atoms with van der Waals surface area (Å²) in [4.78, 5) is 16.0. The second-order valence-electron chi connectivity index (χ2n) is 4.22. The van der Waals surface area contributed by atoms with Gasteiger partial charge in [0.15, 0.2) is 0 Å². The molecule has 5 nitrogen and oxygen atoms in total. The molecule has 0 atom stereocenters. The van der Waals surface area contributed by atoms with Crippen molar-refractivity contribution < 1.29 is 9.53 Å². The van der Waals surface area contributed by atoms with Crippen molar-refractivity contribution in [3.8, 4) is 5.75 Å². The summed E-state index contributed by atoms with van der Waals surface area (Å²) >= 11 is 0. The van der Waals surface area contributed by atoms with Gasteiger partial charge in [0.25, 0.3) is 0 Å². The summed E-state index contributed by atoms with van der Waals surface area (Å²) in [5, 5.41) is 2.87. The molecule has 1 N–H and O–H groups in total. The molecule has 0 bridgehead atoms. The third-order valence-electron chi connectivity index (χ3n) is 2.91. The van der Waals surface area contributed by atoms with E-state index in [4.69, 9.17) is 4.74 Å². The number of methoxy groups -OCH3 is 1. The molecule has 0 radical (unpaired) electrons. The van der Waals surface area contributed by atoms with Crippen molar-refractivity contribution in [2.75, 3.05) is 7.11 Å². The zero-order valence-electron chi connectivity index (χ0n) is 11.1. The van der Waals surface area contributed by atoms with Gasteiger partial charge in [0.2, 0.25) is 5.91 Å². The van der Waals surface area contributed by atoms with Crippen molar-refractivity contribution in [2.45, 2.75) is 13.0 Å². The summed E-state index contributed by atoms with van der Waals surface area (Å²) in [5.74, 6) is 1.47. The largest absolute Gasteiger partial charge is 0.496 e. The van der Waals surface area contributed by atoms with Crippen molar-refractivity contribution in [3.63, 3.8) is 0 Å². The normalized spacial score (nSPS) is 10.2. The number of nitrogens with one attached hydrogen (secondary N) is 1. The second-order valence-corrected chi connectivity index (χ2v) is 4.22. The minimum Gasteiger partial charge on any atom is -0.496 e. The number of imidazole rings is 1. The summed E-state index contributed by atoms with van der Waals surface area (Å²) in [6, 6.07) is 7.63. The molecule has 0 aliphatic heterocycles. The first-order valence-electron chi connectivity index (χ1n) is 6.05. The van der Waals surface area contributed by atoms with Gasteiger partial charge in [-0.15, -0.1) is 0 Å². The predicted molar refractivity (Wildman–Crippen MR) is 71.8 cm³/mol. The zero-order valence-corrected chi connectivity index (χ0v) is 11.1. The molecule has 0 aliphatic rings. The van der Waals surface area contributed by atoms with Crippen LogP contribution in [0.5, 0.6) is 5.75 Å². The first-order valence-corrected chi connectivity index (χ1v) is 6.05. The molecule has 1 aromatic heterocycles. The fraction of sp³-hybridized carbons (Fsp3) is 0.286. The van der Waals surface area contributed by atoms with Crippen LogP contribution in [0.2, 0.25) is 0 Å². The highest BCUT2D eigenvalue weighted by Gasteiger charge is 2.08. The molecule has 5 heteroatoms. The fourth-order valence-electron chi connectivity index (χ4n) is 1.82. The highest BCUT2D eigenvalue weighted by atomic mass is 16.5. The number of amides is 1. The number of hydrogen-bond acceptors (Lipinski definition) is 3. The summed E-state index contributed by atoms with van der Waals surface area (Å²) in [5.41, 5.74) is 0.957. The average Bonchev–Trinajstić information content (AvgIpc) is 2.82. The van der Waals surface area contributed by atoms with Crippen LogP contribution in [0.3, 0.4) is 0 Å². The topological polar surface area (TPSA) is 56.1 Å². The van der Waals surface area contributed by atoms with Gasteiger partial charge in [-0.1, -0.05) is 18.2 Å². The molecule has 1 aromatic carbocycles. The Morgan fingerprint density at radius 2 is 2.21 bits per heavy atom. The molecule has 0 spiro atoms. The molecule has 0 saturated heterocycles. The molecule has 0 saturated carbocycles. The van der Waals surface area contributed by atoms with E-state index >= 15 is 0 Å². The SMILES string of the molecule is COc1ccccc1CNC(=O)Cc1nccn1C. The van der Waals surface area contributed by atoms with Crippen LogP contribution >= 0.6 is 0 Å². The quantitative estimate of drug-likeness (QED) is 0.880. The molecule has 1 amide bonds. The maximum Gasteiger partial charge on any atom is 0.227 e. The second kappa shape index (κ2) is 6.04. The third kappa shape index (κ3) is 3.34. The van der Waals surface area contributed by atoms with Crippen LogP contribution in [0.25, 0.3) is 0 Å². The van der Waals surface area contributed by atoms with E-state index in [9.17, 15) is 4.79 Å². The van der Waals surface area contributed by atoms with E-state index in [1.54, 1.807) is 13.3 Å². The van der Waals surface area contributed by atoms with Crippen LogP contribution < -0.4 is 10.1 Å². The monoisotopic (exact) mass is 259 g/mol. The molecular weight excluding hydrogens is 242 g/mol. The average molecular weight is 259 g/mol. The Balaban J connectivity index is 1.92. The molecule has 2 rings (SSSR count). The Morgan fingerprint density at radius 1 is 1.42 bits per heavy atom. The molecule has 2 aromatic rings. The number of hydrogen-bond donors (Lipinski definition) is 1. The lowest BCUT2D eigenvalue weighted by Gasteiger charge is -2.09. The smallest absolute Gasteiger partial charge is 0.227 e. The summed E-state index contributed by atoms with van der Waals surface area (Å²) < 4.78 is 7.07. The standard InChI is InChI=1S/C14H17N3O2/c1-17-8-7-15-13(17)9-14(18)16-10-11-5-3-4-6-12(11)19-2/h3-8H,9-10H2,1-2H3,(H,16,18). The number of aryl methyl sites for hydroxylation is 1. The Bertz CT molecular complexity index is 563. The van der Waals surface area contributed by atoms with E-state index in [0.29, 0.717) is 6.54 Å². The molecule has 0 fully saturated rings. The van der Waals surface area contributed by atoms with Gasteiger partial charge in [-0.25, -0.2) is 4.98 Å². The van der Waals surface area contributed by atoms with Crippen molar-refractivity contribution in [1.82, 2.24) is 14.9 Å². The number of benzene rings is 1. The lowest BCUT2D eigenvalue weighted by atomic mass is 10.2. The summed E-state index contributed by atoms with van der Waals surface area (Å²) in [7, 11) is 3.49. The molecule has 0 unspecified atom stereocenters. The predicted octanol–water partition coefficient (Wildman–Crippen LogP) is 1.29. The van der Waals surface area contributed by atoms with Gasteiger partial charge in [0.05, 0.1) is 13.5 Å². The number of ether oxygens (including phenoxy) is 1. The van der Waals surface area contributed by atoms with Crippen LogP contribution in [0.1, 0.15) is 11.4 Å². The molecule has 0 aliphatic carbocycles. The molecule has 100 valence electrons. The van der Waals surface area contributed by atoms with Crippen molar-refractivity contribution >= 4 is 5.91 Å². The number of aromatic nitrogens is 2. The number of carbonyl (C=O) groups excluding carboxylic acids is 1. The maximum absolute atomic E-state index is 11.8. The summed E-state index contributed by atoms with van der Waals surface area (Å²) in [6.45, 7) is 0.452. The lowest BCUT2D eigenvalue weighted by molar-refractivity contribution is -0.120. The minimum absolute atomic E-state index is 0.0554. The maximum atomic E-state index is 11.8. The van der Waals surface area contributed by atoms with E-state index in [-0.39, 0.29) is 12.3 Å².